The van der Waals surface area contributed by atoms with Crippen LogP contribution < -0.4 is 0 Å². The van der Waals surface area contributed by atoms with E-state index in [4.69, 9.17) is 5.80 Å². The standard InChI is InChI=1S/C34H58OSi/c1-10-36(11-2,12-3)35-33(7,8)23-13-15-27(5)31-21-22-32-30(16-14-24-34(31,32)9)20-19-29-18-17-26(4)25-28(29)6/h19-20,27,31-32H,4,6,10-18,21-25H2,1-3,5,7-9H3/b29-19-,30-20+/t27-,31?,32?,34-/m1/s1/i17T/t17-,27-,31?,32?,34-. The van der Waals surface area contributed by atoms with Gasteiger partial charge in [-0.1, -0.05) is 83.9 Å². The molecule has 2 heteroatoms. The largest absolute Gasteiger partial charge is 0.412 e. The van der Waals surface area contributed by atoms with E-state index in [1.165, 1.54) is 80.6 Å². The highest BCUT2D eigenvalue weighted by atomic mass is 28.4. The summed E-state index contributed by atoms with van der Waals surface area (Å²) in [7, 11) is -1.56. The third-order valence-electron chi connectivity index (χ3n) is 10.6. The first-order valence-corrected chi connectivity index (χ1v) is 17.8. The molecule has 0 radical (unpaired) electrons. The van der Waals surface area contributed by atoms with Gasteiger partial charge in [0.2, 0.25) is 0 Å². The van der Waals surface area contributed by atoms with Crippen LogP contribution in [0.15, 0.2) is 47.6 Å². The van der Waals surface area contributed by atoms with Crippen molar-refractivity contribution in [1.82, 2.24) is 0 Å². The Kier molecular flexibility index (Phi) is 9.64. The quantitative estimate of drug-likeness (QED) is 0.197. The molecule has 3 fully saturated rings. The minimum Gasteiger partial charge on any atom is -0.412 e. The van der Waals surface area contributed by atoms with E-state index in [2.05, 4.69) is 73.8 Å². The molecule has 0 heterocycles. The van der Waals surface area contributed by atoms with Gasteiger partial charge in [0.25, 0.3) is 0 Å². The van der Waals surface area contributed by atoms with Crippen molar-refractivity contribution >= 4 is 8.32 Å². The molecule has 0 aromatic carbocycles. The van der Waals surface area contributed by atoms with E-state index in [1.54, 1.807) is 5.57 Å². The van der Waals surface area contributed by atoms with Gasteiger partial charge in [0, 0.05) is 1.37 Å². The van der Waals surface area contributed by atoms with Crippen molar-refractivity contribution in [2.45, 2.75) is 143 Å². The second-order valence-corrected chi connectivity index (χ2v) is 18.0. The van der Waals surface area contributed by atoms with E-state index in [-0.39, 0.29) is 12.0 Å². The first-order chi connectivity index (χ1) is 17.4. The summed E-state index contributed by atoms with van der Waals surface area (Å²) in [6, 6.07) is 3.71. The second kappa shape index (κ2) is 12.3. The molecule has 204 valence electrons. The van der Waals surface area contributed by atoms with Crippen molar-refractivity contribution < 1.29 is 5.80 Å². The molecule has 0 bridgehead atoms. The molecule has 0 aliphatic heterocycles. The average Bonchev–Trinajstić information content (AvgIpc) is 3.21. The van der Waals surface area contributed by atoms with Crippen LogP contribution in [-0.4, -0.2) is 13.9 Å². The molecule has 3 rings (SSSR count). The van der Waals surface area contributed by atoms with Crippen LogP contribution in [0, 0.1) is 23.2 Å². The maximum Gasteiger partial charge on any atom is 0.192 e. The summed E-state index contributed by atoms with van der Waals surface area (Å²) in [5, 5.41) is 0. The molecule has 5 atom stereocenters. The second-order valence-electron chi connectivity index (χ2n) is 13.4. The van der Waals surface area contributed by atoms with Gasteiger partial charge in [-0.25, -0.2) is 0 Å². The van der Waals surface area contributed by atoms with Crippen LogP contribution in [0.5, 0.6) is 0 Å². The Balaban J connectivity index is 1.62. The summed E-state index contributed by atoms with van der Waals surface area (Å²) in [5.41, 5.74) is 5.59. The molecule has 0 aromatic heterocycles. The first kappa shape index (κ1) is 28.2. The smallest absolute Gasteiger partial charge is 0.192 e. The predicted molar refractivity (Wildman–Crippen MR) is 162 cm³/mol. The molecule has 2 unspecified atom stereocenters. The highest BCUT2D eigenvalue weighted by Crippen LogP contribution is 2.60. The van der Waals surface area contributed by atoms with E-state index in [0.717, 1.165) is 36.2 Å². The predicted octanol–water partition coefficient (Wildman–Crippen LogP) is 11.0. The summed E-state index contributed by atoms with van der Waals surface area (Å²) in [5.74, 6) is 2.34. The minimum absolute atomic E-state index is 0.0118. The molecular weight excluding hydrogens is 452 g/mol. The van der Waals surface area contributed by atoms with Gasteiger partial charge in [-0.05, 0) is 124 Å². The molecule has 36 heavy (non-hydrogen) atoms. The van der Waals surface area contributed by atoms with Gasteiger partial charge in [0.1, 0.15) is 0 Å². The normalized spacial score (nSPS) is 33.2. The lowest BCUT2D eigenvalue weighted by molar-refractivity contribution is 0.0704. The summed E-state index contributed by atoms with van der Waals surface area (Å²) in [4.78, 5) is 0. The van der Waals surface area contributed by atoms with Crippen LogP contribution in [-0.2, 0) is 4.43 Å². The molecule has 0 aromatic rings. The summed E-state index contributed by atoms with van der Waals surface area (Å²) < 4.78 is 15.2. The van der Waals surface area contributed by atoms with Crippen LogP contribution in [0.1, 0.15) is 120 Å². The van der Waals surface area contributed by atoms with E-state index in [0.29, 0.717) is 5.41 Å². The van der Waals surface area contributed by atoms with E-state index in [9.17, 15) is 0 Å². The van der Waals surface area contributed by atoms with Crippen LogP contribution in [0.25, 0.3) is 0 Å². The van der Waals surface area contributed by atoms with E-state index in [1.807, 2.05) is 0 Å². The SMILES string of the molecule is [3H][C@@H]1C/C(=C/C=C2\CCC[C@@]3(C)C2CCC3[C@H](C)CCCC(C)(C)O[Si](CC)(CC)CC)C(=C)CC1=C. The molecule has 1 nitrogen and oxygen atoms in total. The van der Waals surface area contributed by atoms with Gasteiger partial charge in [-0.2, -0.15) is 0 Å². The number of hydrogen-bond acceptors (Lipinski definition) is 1. The van der Waals surface area contributed by atoms with Crippen molar-refractivity contribution in [1.29, 1.82) is 0 Å². The lowest BCUT2D eigenvalue weighted by Gasteiger charge is -2.44. The summed E-state index contributed by atoms with van der Waals surface area (Å²) in [6.07, 6.45) is 16.7. The number of hydrogen-bond donors (Lipinski definition) is 0. The van der Waals surface area contributed by atoms with Crippen LogP contribution in [0.4, 0.5) is 0 Å². The third kappa shape index (κ3) is 6.76. The van der Waals surface area contributed by atoms with E-state index < -0.39 is 8.32 Å². The summed E-state index contributed by atoms with van der Waals surface area (Å²) >= 11 is 0. The fourth-order valence-electron chi connectivity index (χ4n) is 8.12. The molecule has 3 aliphatic carbocycles. The minimum atomic E-state index is -1.56. The van der Waals surface area contributed by atoms with E-state index >= 15 is 0 Å². The third-order valence-corrected chi connectivity index (χ3v) is 15.4. The average molecular weight is 513 g/mol. The molecule has 3 aliphatic rings. The maximum atomic E-state index is 8.30. The topological polar surface area (TPSA) is 9.23 Å². The molecule has 0 spiro atoms. The van der Waals surface area contributed by atoms with Gasteiger partial charge >= 0.3 is 0 Å². The molecule has 0 saturated heterocycles. The Bertz CT molecular complexity index is 870. The Labute approximate surface area is 227 Å². The number of fused-ring (bicyclic) bond motifs is 1. The zero-order valence-corrected chi connectivity index (χ0v) is 26.0. The monoisotopic (exact) mass is 512 g/mol. The van der Waals surface area contributed by atoms with Crippen molar-refractivity contribution in [2.24, 2.45) is 23.2 Å². The fraction of sp³-hybridized carbons (Fsp3) is 0.765. The molecule has 0 amide bonds. The Morgan fingerprint density at radius 3 is 2.50 bits per heavy atom. The molecule has 0 N–H and O–H groups in total. The highest BCUT2D eigenvalue weighted by Gasteiger charge is 2.50. The zero-order valence-electron chi connectivity index (χ0n) is 26.0. The van der Waals surface area contributed by atoms with Gasteiger partial charge in [-0.15, -0.1) is 0 Å². The van der Waals surface area contributed by atoms with Crippen molar-refractivity contribution in [3.05, 3.63) is 47.6 Å². The van der Waals surface area contributed by atoms with Crippen LogP contribution >= 0.6 is 0 Å². The first-order valence-electron chi connectivity index (χ1n) is 15.9. The lowest BCUT2D eigenvalue weighted by Crippen LogP contribution is -2.44. The van der Waals surface area contributed by atoms with Gasteiger partial charge < -0.3 is 4.43 Å². The lowest BCUT2D eigenvalue weighted by atomic mass is 9.60. The van der Waals surface area contributed by atoms with Gasteiger partial charge in [-0.3, -0.25) is 0 Å². The number of allylic oxidation sites excluding steroid dienone is 6. The Morgan fingerprint density at radius 2 is 1.83 bits per heavy atom. The van der Waals surface area contributed by atoms with Crippen molar-refractivity contribution in [2.75, 3.05) is 0 Å². The van der Waals surface area contributed by atoms with Gasteiger partial charge in [0.15, 0.2) is 8.32 Å². The van der Waals surface area contributed by atoms with Crippen molar-refractivity contribution in [3.8, 4) is 0 Å². The van der Waals surface area contributed by atoms with Crippen LogP contribution in [0.2, 0.25) is 18.1 Å². The van der Waals surface area contributed by atoms with Gasteiger partial charge in [0.05, 0.1) is 5.60 Å². The summed E-state index contributed by atoms with van der Waals surface area (Å²) in [6.45, 7) is 25.2. The van der Waals surface area contributed by atoms with Crippen LogP contribution in [0.3, 0.4) is 0 Å². The Hall–Kier alpha value is -0.863. The highest BCUT2D eigenvalue weighted by molar-refractivity contribution is 6.73. The maximum absolute atomic E-state index is 8.30. The molecular formula is C34H58OSi. The zero-order chi connectivity index (χ0) is 27.4. The molecule has 3 saturated carbocycles. The number of rotatable bonds is 11. The fourth-order valence-corrected chi connectivity index (χ4v) is 11.3. The Morgan fingerprint density at radius 1 is 1.14 bits per heavy atom. The van der Waals surface area contributed by atoms with Crippen molar-refractivity contribution in [3.63, 3.8) is 0 Å².